The molecule has 1 unspecified atom stereocenters. The molecule has 0 spiro atoms. The Kier molecular flexibility index (Phi) is 42.1. The fraction of sp³-hybridized carbons (Fsp3) is 0.600. The van der Waals surface area contributed by atoms with E-state index in [0.717, 1.165) is 11.1 Å². The van der Waals surface area contributed by atoms with Gasteiger partial charge in [-0.1, -0.05) is 47.7 Å². The summed E-state index contributed by atoms with van der Waals surface area (Å²) in [6.45, 7) is 1.89. The Morgan fingerprint density at radius 2 is 0.935 bits per heavy atom. The van der Waals surface area contributed by atoms with Crippen molar-refractivity contribution in [3.63, 3.8) is 0 Å². The summed E-state index contributed by atoms with van der Waals surface area (Å²) in [7, 11) is -4.88. The molecular weight excluding hydrogens is 1490 g/mol. The Morgan fingerprint density at radius 3 is 1.44 bits per heavy atom. The molecule has 4 atom stereocenters. The maximum atomic E-state index is 14.1. The number of benzene rings is 2. The summed E-state index contributed by atoms with van der Waals surface area (Å²) in [6.07, 6.45) is -2.61. The van der Waals surface area contributed by atoms with Gasteiger partial charge < -0.3 is 105 Å². The number of amides is 5. The molecule has 2 aliphatic rings. The molecule has 3 heterocycles. The molecule has 0 bridgehead atoms. The van der Waals surface area contributed by atoms with Gasteiger partial charge in [-0.05, 0) is 30.9 Å². The summed E-state index contributed by atoms with van der Waals surface area (Å²) in [4.78, 5) is 164. The van der Waals surface area contributed by atoms with Crippen molar-refractivity contribution < 1.29 is 131 Å². The van der Waals surface area contributed by atoms with Gasteiger partial charge in [0.25, 0.3) is 0 Å². The predicted molar refractivity (Wildman–Crippen MR) is 367 cm³/mol. The predicted octanol–water partition coefficient (Wildman–Crippen LogP) is -6.24. The average molecular weight is 1590 g/mol. The zero-order valence-electron chi connectivity index (χ0n) is 59.1. The van der Waals surface area contributed by atoms with Gasteiger partial charge in [-0.3, -0.25) is 57.7 Å². The first-order valence-electron chi connectivity index (χ1n) is 34.2. The Hall–Kier alpha value is -8.39. The molecule has 1 saturated heterocycles. The van der Waals surface area contributed by atoms with Gasteiger partial charge in [-0.15, -0.1) is 5.10 Å². The van der Waals surface area contributed by atoms with Crippen LogP contribution >= 0.6 is 7.75 Å². The van der Waals surface area contributed by atoms with Gasteiger partial charge in [0.05, 0.1) is 115 Å². The first-order chi connectivity index (χ1) is 50.7. The summed E-state index contributed by atoms with van der Waals surface area (Å²) < 4.78 is 46.1. The topological polar surface area (TPSA) is 555 Å². The Bertz CT molecular complexity index is 3420. The summed E-state index contributed by atoms with van der Waals surface area (Å²) >= 11 is 0. The van der Waals surface area contributed by atoms with Crippen LogP contribution in [0.15, 0.2) is 48.5 Å². The normalized spacial score (nSPS) is 15.2. The molecule has 42 heteroatoms. The van der Waals surface area contributed by atoms with Crippen LogP contribution in [-0.4, -0.2) is 333 Å². The smallest absolute Gasteiger partial charge is 0.549 e. The van der Waals surface area contributed by atoms with Gasteiger partial charge in [0.15, 0.2) is 0 Å². The zero-order valence-corrected chi connectivity index (χ0v) is 62.4. The van der Waals surface area contributed by atoms with Crippen LogP contribution in [0.3, 0.4) is 0 Å². The number of anilines is 1. The molecule has 107 heavy (non-hydrogen) atoms. The molecule has 10 N–H and O–H groups in total. The molecule has 1 aromatic heterocycles. The van der Waals surface area contributed by atoms with Crippen LogP contribution in [0.4, 0.5) is 5.69 Å². The Balaban J connectivity index is 0.0000242. The number of rotatable bonds is 50. The van der Waals surface area contributed by atoms with Crippen LogP contribution in [0.25, 0.3) is 22.5 Å². The fourth-order valence-electron chi connectivity index (χ4n) is 10.9. The number of aromatic nitrogens is 3. The van der Waals surface area contributed by atoms with E-state index in [1.54, 1.807) is 34.3 Å². The van der Waals surface area contributed by atoms with Gasteiger partial charge >= 0.3 is 51.4 Å². The minimum Gasteiger partial charge on any atom is -0.549 e. The second kappa shape index (κ2) is 49.5. The number of para-hydroxylation sites is 1. The number of carbonyl (C=O) groups excluding carboxylic acids is 8. The first kappa shape index (κ1) is 91.0. The molecule has 0 radical (unpaired) electrons. The Morgan fingerprint density at radius 1 is 0.495 bits per heavy atom. The van der Waals surface area contributed by atoms with Gasteiger partial charge in [0.1, 0.15) is 23.8 Å². The summed E-state index contributed by atoms with van der Waals surface area (Å²) in [5, 5.41) is 92.7. The maximum absolute atomic E-state index is 14.1. The molecule has 1 fully saturated rings. The fourth-order valence-corrected chi connectivity index (χ4v) is 11.9. The number of hydrogen-bond donors (Lipinski definition) is 10. The third kappa shape index (κ3) is 35.9. The van der Waals surface area contributed by atoms with Crippen LogP contribution < -0.4 is 46.6 Å². The molecule has 2 aliphatic heterocycles. The molecule has 3 aromatic rings. The van der Waals surface area contributed by atoms with Crippen molar-refractivity contribution in [2.45, 2.75) is 89.0 Å². The number of nitrogens with zero attached hydrogens (tertiary/aromatic N) is 8. The van der Waals surface area contributed by atoms with E-state index in [4.69, 9.17) is 33.3 Å². The minimum atomic E-state index is -4.88. The molecular formula is C65H93GaN13O27P. The third-order valence-electron chi connectivity index (χ3n) is 16.3. The molecule has 2 aromatic carbocycles. The maximum Gasteiger partial charge on any atom is 3.00 e. The van der Waals surface area contributed by atoms with Crippen molar-refractivity contribution >= 4 is 105 Å². The molecule has 5 rings (SSSR count). The quantitative estimate of drug-likeness (QED) is 0.0143. The van der Waals surface area contributed by atoms with Crippen LogP contribution in [0, 0.1) is 0 Å². The van der Waals surface area contributed by atoms with E-state index in [2.05, 4.69) is 31.6 Å². The van der Waals surface area contributed by atoms with E-state index in [-0.39, 0.29) is 201 Å². The average Bonchev–Trinajstić information content (AvgIpc) is 1.70. The van der Waals surface area contributed by atoms with Crippen molar-refractivity contribution in [2.75, 3.05) is 169 Å². The number of aliphatic carboxylic acids is 7. The number of carbonyl (C=O) groups is 12. The van der Waals surface area contributed by atoms with E-state index < -0.39 is 138 Å². The number of carboxylic acid groups (broad SMARTS) is 7. The van der Waals surface area contributed by atoms with Crippen LogP contribution in [-0.2, 0) is 103 Å². The summed E-state index contributed by atoms with van der Waals surface area (Å²) in [5.41, 5.74) is 4.11. The largest absolute Gasteiger partial charge is 3.00 e. The van der Waals surface area contributed by atoms with Crippen molar-refractivity contribution in [2.24, 2.45) is 0 Å². The standard InChI is InChI=1S/C65H96N13O27P.Ga/c79-52(16-29-100-32-34-102-36-38-104-39-37-103-35-33-101-30-17-54(81)68-48(63(92)93)10-12-53(80)69-49(64(94)95)15-31-105-106(98,99)71-50(65(96)97)11-13-57(84)85)67-19-14-56(83)77-40-45-6-1-2-7-46(45)62-61(47-8-3-4-9-51(47)77)70-72-78(62)20-5-18-66-55(82)41-73-21-23-74(42-58(86)87)25-27-76(44-60(90)91)28-26-75(24-22-73)43-59(88)89;/h1-4,6-9,48-50H,5,10-44H2,(H,66,82)(H,67,79)(H,68,81)(H,69,80)(H,84,85)(H,86,87)(H,88,89)(H,90,91)(H,92,93)(H,94,95)(H,96,97)(H2,71,98,99);/q;+3/p-3/t48-,49+,50+;/m1./s1/i;1-2. The van der Waals surface area contributed by atoms with Crippen LogP contribution in [0.1, 0.15) is 63.4 Å². The van der Waals surface area contributed by atoms with E-state index in [1.807, 2.05) is 48.5 Å². The van der Waals surface area contributed by atoms with Crippen LogP contribution in [0.5, 0.6) is 0 Å². The summed E-state index contributed by atoms with van der Waals surface area (Å²) in [5.74, 6) is -12.6. The second-order valence-corrected chi connectivity index (χ2v) is 25.9. The van der Waals surface area contributed by atoms with Gasteiger partial charge in [-0.2, -0.15) is 0 Å². The van der Waals surface area contributed by atoms with Crippen LogP contribution in [0.2, 0.25) is 0 Å². The van der Waals surface area contributed by atoms with E-state index in [1.165, 1.54) is 0 Å². The van der Waals surface area contributed by atoms with E-state index >= 15 is 0 Å². The molecule has 5 amide bonds. The van der Waals surface area contributed by atoms with E-state index in [0.29, 0.717) is 35.6 Å². The molecule has 0 saturated carbocycles. The second-order valence-electron chi connectivity index (χ2n) is 24.3. The monoisotopic (exact) mass is 1590 g/mol. The van der Waals surface area contributed by atoms with Crippen molar-refractivity contribution in [1.29, 1.82) is 0 Å². The van der Waals surface area contributed by atoms with E-state index in [9.17, 15) is 97.6 Å². The number of aryl methyl sites for hydroxylation is 1. The number of ether oxygens (including phenoxy) is 5. The number of nitrogens with one attached hydrogen (secondary N) is 5. The molecule has 588 valence electrons. The minimum absolute atomic E-state index is 0. The zero-order chi connectivity index (χ0) is 77.4. The Labute approximate surface area is 628 Å². The van der Waals surface area contributed by atoms with Crippen molar-refractivity contribution in [3.8, 4) is 22.5 Å². The summed E-state index contributed by atoms with van der Waals surface area (Å²) in [6, 6.07) is 9.90. The number of hydrogen-bond acceptors (Lipinski definition) is 28. The molecule has 40 nitrogen and oxygen atoms in total. The number of fused-ring (bicyclic) bond motifs is 5. The van der Waals surface area contributed by atoms with Gasteiger partial charge in [-0.25, -0.2) is 23.9 Å². The van der Waals surface area contributed by atoms with Crippen molar-refractivity contribution in [1.82, 2.24) is 60.9 Å². The van der Waals surface area contributed by atoms with Gasteiger partial charge in [0.2, 0.25) is 29.5 Å². The third-order valence-corrected chi connectivity index (χ3v) is 17.4. The molecule has 0 aliphatic carbocycles. The number of carboxylic acids is 7. The van der Waals surface area contributed by atoms with Crippen molar-refractivity contribution in [3.05, 3.63) is 54.1 Å². The SMILES string of the molecule is O=C([O-])CN1CCN(CC(=O)[O-])CCN(CC(=O)NCCCn2nnc3c2-c2ccccc2CN(C(=O)CCNC(=O)CCOCCOCCOCCOCCOCCC(=O)N[C@H](CCC(=O)N[C@@H](CCOP(=O)(O)N[C@@H](CCC(=O)O)C(=O)O)C(=O)O)C(=O)O)c2ccccc2-3)CCN(CC(=O)[O-])CC1.[68Ga+3]. The van der Waals surface area contributed by atoms with Gasteiger partial charge in [0, 0.05) is 141 Å². The first-order valence-corrected chi connectivity index (χ1v) is 35.8.